The average Bonchev–Trinajstić information content (AvgIpc) is 3.33. The van der Waals surface area contributed by atoms with Crippen molar-refractivity contribution in [2.24, 2.45) is 7.05 Å². The molecule has 0 aliphatic carbocycles. The Hall–Kier alpha value is -2.18. The van der Waals surface area contributed by atoms with Gasteiger partial charge in [-0.1, -0.05) is 11.8 Å². The molecular formula is C18H24FN5O4S2. The standard InChI is InChI=1S/C18H24FN5O4S2/c1-23-16(11-24(30(2,26)27)14-7-5-13(19)6-8-14)21-22-18(23)29-12-17(25)20-10-15-4-3-9-28-15/h5-8,15H,3-4,9-12H2,1-2H3,(H,20,25)/t15-/m1/s1. The minimum atomic E-state index is -3.63. The molecule has 30 heavy (non-hydrogen) atoms. The van der Waals surface area contributed by atoms with Gasteiger partial charge in [-0.25, -0.2) is 12.8 Å². The lowest BCUT2D eigenvalue weighted by molar-refractivity contribution is -0.119. The van der Waals surface area contributed by atoms with Crippen LogP contribution in [0.2, 0.25) is 0 Å². The third-order valence-corrected chi connectivity index (χ3v) is 6.77. The van der Waals surface area contributed by atoms with Crippen molar-refractivity contribution < 1.29 is 22.3 Å². The molecule has 0 radical (unpaired) electrons. The van der Waals surface area contributed by atoms with Crippen LogP contribution in [0, 0.1) is 5.82 Å². The number of carbonyl (C=O) groups is 1. The van der Waals surface area contributed by atoms with Crippen LogP contribution in [0.15, 0.2) is 29.4 Å². The Bertz CT molecular complexity index is 975. The molecule has 12 heteroatoms. The second kappa shape index (κ2) is 9.75. The number of carbonyl (C=O) groups excluding carboxylic acids is 1. The highest BCUT2D eigenvalue weighted by Gasteiger charge is 2.22. The smallest absolute Gasteiger partial charge is 0.232 e. The van der Waals surface area contributed by atoms with Crippen molar-refractivity contribution >= 4 is 33.4 Å². The number of amides is 1. The molecule has 1 aliphatic heterocycles. The topological polar surface area (TPSA) is 106 Å². The van der Waals surface area contributed by atoms with Crippen molar-refractivity contribution in [3.8, 4) is 0 Å². The van der Waals surface area contributed by atoms with E-state index < -0.39 is 15.8 Å². The van der Waals surface area contributed by atoms with Crippen LogP contribution in [0.25, 0.3) is 0 Å². The van der Waals surface area contributed by atoms with Gasteiger partial charge in [0.05, 0.1) is 30.3 Å². The van der Waals surface area contributed by atoms with E-state index in [1.54, 1.807) is 11.6 Å². The van der Waals surface area contributed by atoms with Crippen molar-refractivity contribution in [1.29, 1.82) is 0 Å². The molecule has 0 unspecified atom stereocenters. The van der Waals surface area contributed by atoms with Gasteiger partial charge in [0.1, 0.15) is 5.82 Å². The maximum atomic E-state index is 13.2. The maximum absolute atomic E-state index is 13.2. The molecular weight excluding hydrogens is 433 g/mol. The van der Waals surface area contributed by atoms with Gasteiger partial charge in [0.25, 0.3) is 0 Å². The highest BCUT2D eigenvalue weighted by Crippen LogP contribution is 2.22. The number of nitrogens with one attached hydrogen (secondary N) is 1. The molecule has 1 fully saturated rings. The van der Waals surface area contributed by atoms with E-state index in [4.69, 9.17) is 4.74 Å². The van der Waals surface area contributed by atoms with Gasteiger partial charge in [-0.05, 0) is 37.1 Å². The average molecular weight is 458 g/mol. The molecule has 0 saturated carbocycles. The van der Waals surface area contributed by atoms with E-state index in [0.29, 0.717) is 23.2 Å². The van der Waals surface area contributed by atoms with Crippen molar-refractivity contribution in [3.63, 3.8) is 0 Å². The van der Waals surface area contributed by atoms with Crippen LogP contribution >= 0.6 is 11.8 Å². The Kier molecular flexibility index (Phi) is 7.32. The van der Waals surface area contributed by atoms with E-state index in [1.807, 2.05) is 0 Å². The second-order valence-electron chi connectivity index (χ2n) is 6.93. The second-order valence-corrected chi connectivity index (χ2v) is 9.78. The Balaban J connectivity index is 1.61. The Morgan fingerprint density at radius 3 is 2.73 bits per heavy atom. The van der Waals surface area contributed by atoms with Gasteiger partial charge < -0.3 is 14.6 Å². The first-order valence-corrected chi connectivity index (χ1v) is 12.2. The van der Waals surface area contributed by atoms with Gasteiger partial charge in [0.15, 0.2) is 11.0 Å². The summed E-state index contributed by atoms with van der Waals surface area (Å²) in [4.78, 5) is 12.0. The first-order valence-electron chi connectivity index (χ1n) is 9.36. The molecule has 1 atom stereocenters. The van der Waals surface area contributed by atoms with Crippen LogP contribution in [0.1, 0.15) is 18.7 Å². The summed E-state index contributed by atoms with van der Waals surface area (Å²) in [7, 11) is -1.93. The summed E-state index contributed by atoms with van der Waals surface area (Å²) < 4.78 is 45.9. The fourth-order valence-electron chi connectivity index (χ4n) is 2.96. The SMILES string of the molecule is Cn1c(CN(c2ccc(F)cc2)S(C)(=O)=O)nnc1SCC(=O)NC[C@H]1CCCO1. The molecule has 1 N–H and O–H groups in total. The predicted octanol–water partition coefficient (Wildman–Crippen LogP) is 1.31. The number of halogens is 1. The predicted molar refractivity (Wildman–Crippen MR) is 111 cm³/mol. The number of aromatic nitrogens is 3. The minimum Gasteiger partial charge on any atom is -0.376 e. The molecule has 2 heterocycles. The molecule has 1 aromatic carbocycles. The van der Waals surface area contributed by atoms with Gasteiger partial charge in [-0.15, -0.1) is 10.2 Å². The van der Waals surface area contributed by atoms with E-state index in [9.17, 15) is 17.6 Å². The number of hydrogen-bond donors (Lipinski definition) is 1. The van der Waals surface area contributed by atoms with Crippen LogP contribution in [0.5, 0.6) is 0 Å². The number of benzene rings is 1. The molecule has 1 aliphatic rings. The zero-order chi connectivity index (χ0) is 21.7. The number of ether oxygens (including phenoxy) is 1. The van der Waals surface area contributed by atoms with Crippen LogP contribution in [0.3, 0.4) is 0 Å². The summed E-state index contributed by atoms with van der Waals surface area (Å²) in [6.07, 6.45) is 3.11. The van der Waals surface area contributed by atoms with Crippen LogP contribution in [-0.4, -0.2) is 60.4 Å². The largest absolute Gasteiger partial charge is 0.376 e. The van der Waals surface area contributed by atoms with Crippen molar-refractivity contribution in [2.75, 3.05) is 29.5 Å². The fraction of sp³-hybridized carbons (Fsp3) is 0.500. The van der Waals surface area contributed by atoms with Gasteiger partial charge >= 0.3 is 0 Å². The van der Waals surface area contributed by atoms with Crippen molar-refractivity contribution in [3.05, 3.63) is 35.9 Å². The monoisotopic (exact) mass is 457 g/mol. The summed E-state index contributed by atoms with van der Waals surface area (Å²) in [5, 5.41) is 11.4. The molecule has 0 bridgehead atoms. The lowest BCUT2D eigenvalue weighted by Crippen LogP contribution is -2.33. The summed E-state index contributed by atoms with van der Waals surface area (Å²) in [6, 6.07) is 5.17. The molecule has 9 nitrogen and oxygen atoms in total. The van der Waals surface area contributed by atoms with E-state index in [-0.39, 0.29) is 24.3 Å². The lowest BCUT2D eigenvalue weighted by atomic mass is 10.2. The Morgan fingerprint density at radius 2 is 2.10 bits per heavy atom. The van der Waals surface area contributed by atoms with Gasteiger partial charge in [-0.3, -0.25) is 9.10 Å². The lowest BCUT2D eigenvalue weighted by Gasteiger charge is -2.21. The summed E-state index contributed by atoms with van der Waals surface area (Å²) in [5.41, 5.74) is 0.324. The van der Waals surface area contributed by atoms with Gasteiger partial charge in [0, 0.05) is 20.2 Å². The van der Waals surface area contributed by atoms with E-state index in [2.05, 4.69) is 15.5 Å². The van der Waals surface area contributed by atoms with Crippen molar-refractivity contribution in [1.82, 2.24) is 20.1 Å². The molecule has 1 amide bonds. The summed E-state index contributed by atoms with van der Waals surface area (Å²) in [6.45, 7) is 1.16. The summed E-state index contributed by atoms with van der Waals surface area (Å²) in [5.74, 6) is -0.0367. The van der Waals surface area contributed by atoms with E-state index in [0.717, 1.165) is 30.0 Å². The van der Waals surface area contributed by atoms with Gasteiger partial charge in [0.2, 0.25) is 15.9 Å². The number of sulfonamides is 1. The molecule has 1 saturated heterocycles. The van der Waals surface area contributed by atoms with Crippen molar-refractivity contribution in [2.45, 2.75) is 30.6 Å². The number of anilines is 1. The van der Waals surface area contributed by atoms with Crippen LogP contribution < -0.4 is 9.62 Å². The zero-order valence-electron chi connectivity index (χ0n) is 16.7. The van der Waals surface area contributed by atoms with Gasteiger partial charge in [-0.2, -0.15) is 0 Å². The fourth-order valence-corrected chi connectivity index (χ4v) is 4.57. The van der Waals surface area contributed by atoms with Crippen LogP contribution in [0.4, 0.5) is 10.1 Å². The Morgan fingerprint density at radius 1 is 1.37 bits per heavy atom. The number of nitrogens with zero attached hydrogens (tertiary/aromatic N) is 4. The first kappa shape index (κ1) is 22.5. The summed E-state index contributed by atoms with van der Waals surface area (Å²) >= 11 is 1.21. The quantitative estimate of drug-likeness (QED) is 0.566. The molecule has 0 spiro atoms. The number of rotatable bonds is 9. The Labute approximate surface area is 179 Å². The van der Waals surface area contributed by atoms with Crippen LogP contribution in [-0.2, 0) is 33.1 Å². The minimum absolute atomic E-state index is 0.0697. The third kappa shape index (κ3) is 5.92. The van der Waals surface area contributed by atoms with E-state index >= 15 is 0 Å². The highest BCUT2D eigenvalue weighted by molar-refractivity contribution is 7.99. The molecule has 3 rings (SSSR count). The molecule has 1 aromatic heterocycles. The number of hydrogen-bond acceptors (Lipinski definition) is 7. The molecule has 2 aromatic rings. The van der Waals surface area contributed by atoms with E-state index in [1.165, 1.54) is 36.0 Å². The zero-order valence-corrected chi connectivity index (χ0v) is 18.4. The first-order chi connectivity index (χ1) is 14.2. The normalized spacial score (nSPS) is 16.6. The highest BCUT2D eigenvalue weighted by atomic mass is 32.2. The maximum Gasteiger partial charge on any atom is 0.232 e. The third-order valence-electron chi connectivity index (χ3n) is 4.61. The number of thioether (sulfide) groups is 1. The molecule has 164 valence electrons.